The van der Waals surface area contributed by atoms with E-state index in [0.29, 0.717) is 18.3 Å². The summed E-state index contributed by atoms with van der Waals surface area (Å²) in [6.07, 6.45) is 5.15. The van der Waals surface area contributed by atoms with Crippen molar-refractivity contribution in [3.05, 3.63) is 66.1 Å². The number of carbonyl (C=O) groups excluding carboxylic acids is 1. The van der Waals surface area contributed by atoms with Crippen LogP contribution in [0.4, 0.5) is 9.18 Å². The molecule has 0 saturated carbocycles. The molecule has 8 nitrogen and oxygen atoms in total. The molecule has 9 heteroatoms. The highest BCUT2D eigenvalue weighted by atomic mass is 19.1. The van der Waals surface area contributed by atoms with Gasteiger partial charge in [-0.3, -0.25) is 0 Å². The molecule has 0 aliphatic heterocycles. The molecule has 2 N–H and O–H groups in total. The number of rotatable bonds is 6. The van der Waals surface area contributed by atoms with Crippen molar-refractivity contribution in [3.8, 4) is 0 Å². The Morgan fingerprint density at radius 2 is 2.04 bits per heavy atom. The summed E-state index contributed by atoms with van der Waals surface area (Å²) in [7, 11) is 0. The van der Waals surface area contributed by atoms with Crippen LogP contribution in [0.25, 0.3) is 0 Å². The van der Waals surface area contributed by atoms with Crippen LogP contribution in [0, 0.1) is 5.82 Å². The van der Waals surface area contributed by atoms with Gasteiger partial charge < -0.3 is 19.7 Å². The van der Waals surface area contributed by atoms with Crippen LogP contribution in [0.2, 0.25) is 0 Å². The standard InChI is InChI=1S/C16H17FN6O2/c1-11(23-7-6-18-10-23)15-21-14(25-22-15)9-20-16(24)19-8-12-2-4-13(17)5-3-12/h2-7,10-11H,8-9H2,1H3,(H2,19,20,24)/t11-/m1/s1. The summed E-state index contributed by atoms with van der Waals surface area (Å²) < 4.78 is 19.8. The van der Waals surface area contributed by atoms with E-state index in [1.807, 2.05) is 17.7 Å². The van der Waals surface area contributed by atoms with E-state index in [1.54, 1.807) is 24.7 Å². The molecule has 0 spiro atoms. The van der Waals surface area contributed by atoms with Crippen LogP contribution < -0.4 is 10.6 Å². The van der Waals surface area contributed by atoms with E-state index in [-0.39, 0.29) is 24.4 Å². The maximum atomic E-state index is 12.8. The van der Waals surface area contributed by atoms with Gasteiger partial charge in [0.05, 0.1) is 18.9 Å². The second-order valence-electron chi connectivity index (χ2n) is 5.39. The van der Waals surface area contributed by atoms with Crippen LogP contribution in [-0.2, 0) is 13.1 Å². The zero-order chi connectivity index (χ0) is 17.6. The molecule has 0 bridgehead atoms. The quantitative estimate of drug-likeness (QED) is 0.713. The summed E-state index contributed by atoms with van der Waals surface area (Å²) in [5.74, 6) is 0.491. The van der Waals surface area contributed by atoms with Gasteiger partial charge in [0.2, 0.25) is 5.89 Å². The van der Waals surface area contributed by atoms with Crippen LogP contribution in [0.1, 0.15) is 30.2 Å². The minimum atomic E-state index is -0.383. The van der Waals surface area contributed by atoms with Gasteiger partial charge in [0.1, 0.15) is 5.82 Å². The normalized spacial score (nSPS) is 11.9. The fourth-order valence-electron chi connectivity index (χ4n) is 2.14. The van der Waals surface area contributed by atoms with Gasteiger partial charge in [0, 0.05) is 18.9 Å². The molecule has 0 aliphatic rings. The molecule has 2 aromatic heterocycles. The number of imidazole rings is 1. The predicted molar refractivity (Wildman–Crippen MR) is 85.8 cm³/mol. The summed E-state index contributed by atoms with van der Waals surface area (Å²) >= 11 is 0. The summed E-state index contributed by atoms with van der Waals surface area (Å²) in [5.41, 5.74) is 0.797. The van der Waals surface area contributed by atoms with Crippen molar-refractivity contribution in [2.45, 2.75) is 26.1 Å². The molecule has 2 heterocycles. The minimum Gasteiger partial charge on any atom is -0.337 e. The fourth-order valence-corrected chi connectivity index (χ4v) is 2.14. The highest BCUT2D eigenvalue weighted by Gasteiger charge is 2.15. The van der Waals surface area contributed by atoms with E-state index in [0.717, 1.165) is 5.56 Å². The molecule has 130 valence electrons. The van der Waals surface area contributed by atoms with Crippen molar-refractivity contribution in [2.24, 2.45) is 0 Å². The van der Waals surface area contributed by atoms with Gasteiger partial charge in [0.25, 0.3) is 0 Å². The Bertz CT molecular complexity index is 816. The number of nitrogens with one attached hydrogen (secondary N) is 2. The molecule has 1 aromatic carbocycles. The Labute approximate surface area is 143 Å². The van der Waals surface area contributed by atoms with Crippen molar-refractivity contribution >= 4 is 6.03 Å². The van der Waals surface area contributed by atoms with Gasteiger partial charge in [-0.15, -0.1) is 0 Å². The molecule has 3 rings (SSSR count). The zero-order valence-corrected chi connectivity index (χ0v) is 13.5. The lowest BCUT2D eigenvalue weighted by Crippen LogP contribution is -2.34. The summed E-state index contributed by atoms with van der Waals surface area (Å²) in [6, 6.07) is 5.40. The van der Waals surface area contributed by atoms with Crippen LogP contribution in [-0.4, -0.2) is 25.7 Å². The third kappa shape index (κ3) is 4.40. The third-order valence-electron chi connectivity index (χ3n) is 3.60. The topological polar surface area (TPSA) is 97.9 Å². The number of benzene rings is 1. The van der Waals surface area contributed by atoms with Gasteiger partial charge in [0.15, 0.2) is 5.82 Å². The summed E-state index contributed by atoms with van der Waals surface area (Å²) in [4.78, 5) is 20.0. The number of hydrogen-bond donors (Lipinski definition) is 2. The van der Waals surface area contributed by atoms with Crippen molar-refractivity contribution in [1.82, 2.24) is 30.3 Å². The monoisotopic (exact) mass is 344 g/mol. The van der Waals surface area contributed by atoms with Crippen molar-refractivity contribution in [1.29, 1.82) is 0 Å². The zero-order valence-electron chi connectivity index (χ0n) is 13.5. The second kappa shape index (κ2) is 7.56. The summed E-state index contributed by atoms with van der Waals surface area (Å²) in [5, 5.41) is 9.20. The average molecular weight is 344 g/mol. The lowest BCUT2D eigenvalue weighted by molar-refractivity contribution is 0.238. The molecule has 25 heavy (non-hydrogen) atoms. The van der Waals surface area contributed by atoms with Crippen molar-refractivity contribution < 1.29 is 13.7 Å². The first-order chi connectivity index (χ1) is 12.1. The Morgan fingerprint density at radius 3 is 2.76 bits per heavy atom. The van der Waals surface area contributed by atoms with Gasteiger partial charge in [-0.2, -0.15) is 4.98 Å². The maximum absolute atomic E-state index is 12.8. The minimum absolute atomic E-state index is 0.110. The largest absolute Gasteiger partial charge is 0.337 e. The lowest BCUT2D eigenvalue weighted by Gasteiger charge is -2.07. The van der Waals surface area contributed by atoms with E-state index in [2.05, 4.69) is 25.8 Å². The molecule has 3 aromatic rings. The number of carbonyl (C=O) groups is 1. The summed E-state index contributed by atoms with van der Waals surface area (Å²) in [6.45, 7) is 2.32. The van der Waals surface area contributed by atoms with Gasteiger partial charge in [-0.05, 0) is 24.6 Å². The molecule has 0 unspecified atom stereocenters. The van der Waals surface area contributed by atoms with E-state index in [9.17, 15) is 9.18 Å². The van der Waals surface area contributed by atoms with Gasteiger partial charge in [-0.1, -0.05) is 17.3 Å². The van der Waals surface area contributed by atoms with E-state index in [1.165, 1.54) is 12.1 Å². The number of hydrogen-bond acceptors (Lipinski definition) is 5. The van der Waals surface area contributed by atoms with Gasteiger partial charge >= 0.3 is 6.03 Å². The average Bonchev–Trinajstić information content (AvgIpc) is 3.30. The first kappa shape index (κ1) is 16.6. The molecular weight excluding hydrogens is 327 g/mol. The van der Waals surface area contributed by atoms with Crippen LogP contribution in [0.5, 0.6) is 0 Å². The maximum Gasteiger partial charge on any atom is 0.315 e. The molecule has 0 fully saturated rings. The SMILES string of the molecule is C[C@H](c1noc(CNC(=O)NCc2ccc(F)cc2)n1)n1ccnc1. The van der Waals surface area contributed by atoms with Crippen molar-refractivity contribution in [3.63, 3.8) is 0 Å². The van der Waals surface area contributed by atoms with Crippen LogP contribution in [0.3, 0.4) is 0 Å². The van der Waals surface area contributed by atoms with Crippen LogP contribution in [0.15, 0.2) is 47.5 Å². The van der Waals surface area contributed by atoms with Crippen LogP contribution >= 0.6 is 0 Å². The lowest BCUT2D eigenvalue weighted by atomic mass is 10.2. The molecule has 0 radical (unpaired) electrons. The third-order valence-corrected chi connectivity index (χ3v) is 3.60. The molecule has 0 aliphatic carbocycles. The predicted octanol–water partition coefficient (Wildman–Crippen LogP) is 2.01. The van der Waals surface area contributed by atoms with Crippen molar-refractivity contribution in [2.75, 3.05) is 0 Å². The Morgan fingerprint density at radius 1 is 1.28 bits per heavy atom. The number of nitrogens with zero attached hydrogens (tertiary/aromatic N) is 4. The number of halogens is 1. The molecule has 1 atom stereocenters. The first-order valence-corrected chi connectivity index (χ1v) is 7.68. The number of urea groups is 1. The molecular formula is C16H17FN6O2. The van der Waals surface area contributed by atoms with E-state index in [4.69, 9.17) is 4.52 Å². The smallest absolute Gasteiger partial charge is 0.315 e. The second-order valence-corrected chi connectivity index (χ2v) is 5.39. The number of aromatic nitrogens is 4. The highest BCUT2D eigenvalue weighted by molar-refractivity contribution is 5.73. The Kier molecular flexibility index (Phi) is 5.03. The van der Waals surface area contributed by atoms with Gasteiger partial charge in [-0.25, -0.2) is 14.2 Å². The fraction of sp³-hybridized carbons (Fsp3) is 0.250. The first-order valence-electron chi connectivity index (χ1n) is 7.68. The highest BCUT2D eigenvalue weighted by Crippen LogP contribution is 2.13. The Hall–Kier alpha value is -3.23. The Balaban J connectivity index is 1.47. The van der Waals surface area contributed by atoms with E-state index < -0.39 is 0 Å². The number of amides is 2. The molecule has 2 amide bonds. The molecule has 0 saturated heterocycles. The van der Waals surface area contributed by atoms with E-state index >= 15 is 0 Å².